The van der Waals surface area contributed by atoms with Gasteiger partial charge in [-0.3, -0.25) is 4.79 Å². The number of pyridine rings is 1. The molecule has 1 amide bonds. The van der Waals surface area contributed by atoms with Crippen LogP contribution in [-0.4, -0.2) is 28.9 Å². The van der Waals surface area contributed by atoms with E-state index >= 15 is 0 Å². The van der Waals surface area contributed by atoms with Crippen molar-refractivity contribution in [3.8, 4) is 0 Å². The van der Waals surface area contributed by atoms with Crippen LogP contribution in [0.3, 0.4) is 0 Å². The van der Waals surface area contributed by atoms with E-state index in [9.17, 15) is 4.79 Å². The van der Waals surface area contributed by atoms with Crippen LogP contribution in [0.1, 0.15) is 51.0 Å². The van der Waals surface area contributed by atoms with Gasteiger partial charge in [-0.05, 0) is 36.8 Å². The first-order valence-electron chi connectivity index (χ1n) is 7.52. The molecule has 4 nitrogen and oxygen atoms in total. The summed E-state index contributed by atoms with van der Waals surface area (Å²) in [6, 6.07) is 3.23. The highest BCUT2D eigenvalue weighted by Gasteiger charge is 2.20. The molecule has 1 rings (SSSR count). The molecule has 21 heavy (non-hydrogen) atoms. The molecule has 0 unspecified atom stereocenters. The number of hydrogen-bond donors (Lipinski definition) is 1. The van der Waals surface area contributed by atoms with Crippen LogP contribution in [-0.2, 0) is 0 Å². The first-order valence-corrected chi connectivity index (χ1v) is 7.90. The second-order valence-corrected chi connectivity index (χ2v) is 6.63. The Morgan fingerprint density at radius 1 is 1.19 bits per heavy atom. The third-order valence-electron chi connectivity index (χ3n) is 3.31. The topological polar surface area (TPSA) is 59.2 Å². The highest BCUT2D eigenvalue weighted by Crippen LogP contribution is 2.18. The van der Waals surface area contributed by atoms with E-state index in [1.165, 1.54) is 0 Å². The number of hydrogen-bond acceptors (Lipinski definition) is 3. The highest BCUT2D eigenvalue weighted by molar-refractivity contribution is 6.33. The second kappa shape index (κ2) is 8.23. The Morgan fingerprint density at radius 3 is 2.19 bits per heavy atom. The summed E-state index contributed by atoms with van der Waals surface area (Å²) in [6.07, 6.45) is 1.92. The van der Waals surface area contributed by atoms with Crippen LogP contribution in [0.4, 0.5) is 5.82 Å². The molecule has 0 bridgehead atoms. The van der Waals surface area contributed by atoms with Crippen molar-refractivity contribution < 1.29 is 4.79 Å². The van der Waals surface area contributed by atoms with Crippen LogP contribution in [0.5, 0.6) is 0 Å². The molecule has 0 radical (unpaired) electrons. The Hall–Kier alpha value is -1.29. The van der Waals surface area contributed by atoms with Gasteiger partial charge in [0.25, 0.3) is 5.91 Å². The van der Waals surface area contributed by atoms with Crippen LogP contribution in [0.2, 0.25) is 5.02 Å². The second-order valence-electron chi connectivity index (χ2n) is 6.22. The molecule has 0 atom stereocenters. The lowest BCUT2D eigenvalue weighted by atomic mass is 10.1. The first kappa shape index (κ1) is 17.8. The average molecular weight is 312 g/mol. The Labute approximate surface area is 132 Å². The van der Waals surface area contributed by atoms with Gasteiger partial charge in [0.05, 0.1) is 5.02 Å². The number of aromatic nitrogens is 1. The summed E-state index contributed by atoms with van der Waals surface area (Å²) in [6.45, 7) is 10.0. The number of halogens is 1. The Balaban J connectivity index is 2.89. The molecular weight excluding hydrogens is 286 g/mol. The van der Waals surface area contributed by atoms with Crippen molar-refractivity contribution >= 4 is 23.3 Å². The van der Waals surface area contributed by atoms with Gasteiger partial charge in [0.2, 0.25) is 0 Å². The van der Waals surface area contributed by atoms with Crippen molar-refractivity contribution in [1.82, 2.24) is 9.88 Å². The van der Waals surface area contributed by atoms with E-state index in [1.807, 2.05) is 4.90 Å². The zero-order valence-corrected chi connectivity index (χ0v) is 14.2. The molecule has 0 aliphatic heterocycles. The zero-order valence-electron chi connectivity index (χ0n) is 13.4. The van der Waals surface area contributed by atoms with E-state index < -0.39 is 0 Å². The van der Waals surface area contributed by atoms with E-state index in [0.717, 1.165) is 25.9 Å². The maximum absolute atomic E-state index is 12.7. The Morgan fingerprint density at radius 2 is 1.71 bits per heavy atom. The summed E-state index contributed by atoms with van der Waals surface area (Å²) in [5, 5.41) is 0.355. The van der Waals surface area contributed by atoms with Gasteiger partial charge in [-0.25, -0.2) is 4.98 Å². The van der Waals surface area contributed by atoms with Crippen molar-refractivity contribution in [2.75, 3.05) is 18.8 Å². The zero-order chi connectivity index (χ0) is 16.0. The summed E-state index contributed by atoms with van der Waals surface area (Å²) in [4.78, 5) is 18.6. The molecule has 0 aliphatic carbocycles. The molecular formula is C16H26ClN3O. The van der Waals surface area contributed by atoms with E-state index in [2.05, 4.69) is 32.7 Å². The molecule has 5 heteroatoms. The molecule has 1 aromatic heterocycles. The number of amides is 1. The summed E-state index contributed by atoms with van der Waals surface area (Å²) in [5.41, 5.74) is 5.92. The highest BCUT2D eigenvalue weighted by atomic mass is 35.5. The SMILES string of the molecule is CC(C)CCN(CCC(C)C)C(=O)c1nc(N)ccc1Cl. The molecule has 2 N–H and O–H groups in total. The Bertz CT molecular complexity index is 463. The fourth-order valence-electron chi connectivity index (χ4n) is 1.90. The van der Waals surface area contributed by atoms with Crippen molar-refractivity contribution in [2.24, 2.45) is 11.8 Å². The van der Waals surface area contributed by atoms with Crippen LogP contribution >= 0.6 is 11.6 Å². The number of carbonyl (C=O) groups is 1. The van der Waals surface area contributed by atoms with Gasteiger partial charge >= 0.3 is 0 Å². The lowest BCUT2D eigenvalue weighted by Gasteiger charge is -2.24. The number of nitrogens with zero attached hydrogens (tertiary/aromatic N) is 2. The van der Waals surface area contributed by atoms with E-state index in [4.69, 9.17) is 17.3 Å². The van der Waals surface area contributed by atoms with E-state index in [-0.39, 0.29) is 11.6 Å². The quantitative estimate of drug-likeness (QED) is 0.832. The minimum atomic E-state index is -0.131. The number of anilines is 1. The number of rotatable bonds is 7. The molecule has 1 aromatic rings. The van der Waals surface area contributed by atoms with Crippen LogP contribution < -0.4 is 5.73 Å². The van der Waals surface area contributed by atoms with Crippen LogP contribution in [0, 0.1) is 11.8 Å². The molecule has 0 aromatic carbocycles. The predicted octanol–water partition coefficient (Wildman–Crippen LogP) is 3.85. The lowest BCUT2D eigenvalue weighted by Crippen LogP contribution is -2.35. The van der Waals surface area contributed by atoms with Crippen molar-refractivity contribution in [3.63, 3.8) is 0 Å². The molecule has 0 aliphatic rings. The fourth-order valence-corrected chi connectivity index (χ4v) is 2.09. The minimum Gasteiger partial charge on any atom is -0.384 e. The smallest absolute Gasteiger partial charge is 0.274 e. The maximum Gasteiger partial charge on any atom is 0.274 e. The third kappa shape index (κ3) is 5.92. The predicted molar refractivity (Wildman–Crippen MR) is 88.5 cm³/mol. The van der Waals surface area contributed by atoms with Crippen molar-refractivity contribution in [3.05, 3.63) is 22.8 Å². The molecule has 0 spiro atoms. The van der Waals surface area contributed by atoms with Crippen LogP contribution in [0.15, 0.2) is 12.1 Å². The van der Waals surface area contributed by atoms with Crippen LogP contribution in [0.25, 0.3) is 0 Å². The average Bonchev–Trinajstić information content (AvgIpc) is 2.40. The standard InChI is InChI=1S/C16H26ClN3O/c1-11(2)7-9-20(10-8-12(3)4)16(21)15-13(17)5-6-14(18)19-15/h5-6,11-12H,7-10H2,1-4H3,(H2,18,19). The first-order chi connectivity index (χ1) is 9.81. The summed E-state index contributed by atoms with van der Waals surface area (Å²) < 4.78 is 0. The molecule has 0 saturated carbocycles. The number of carbonyl (C=O) groups excluding carboxylic acids is 1. The number of nitrogens with two attached hydrogens (primary N) is 1. The molecule has 1 heterocycles. The molecule has 0 fully saturated rings. The van der Waals surface area contributed by atoms with Gasteiger partial charge in [0.15, 0.2) is 0 Å². The largest absolute Gasteiger partial charge is 0.384 e. The minimum absolute atomic E-state index is 0.131. The Kier molecular flexibility index (Phi) is 6.96. The van der Waals surface area contributed by atoms with Gasteiger partial charge in [-0.15, -0.1) is 0 Å². The lowest BCUT2D eigenvalue weighted by molar-refractivity contribution is 0.0735. The van der Waals surface area contributed by atoms with Gasteiger partial charge in [0, 0.05) is 13.1 Å². The van der Waals surface area contributed by atoms with Gasteiger partial charge < -0.3 is 10.6 Å². The maximum atomic E-state index is 12.7. The molecule has 0 saturated heterocycles. The van der Waals surface area contributed by atoms with E-state index in [1.54, 1.807) is 12.1 Å². The van der Waals surface area contributed by atoms with Gasteiger partial charge in [-0.2, -0.15) is 0 Å². The van der Waals surface area contributed by atoms with E-state index in [0.29, 0.717) is 22.7 Å². The third-order valence-corrected chi connectivity index (χ3v) is 3.62. The van der Waals surface area contributed by atoms with Gasteiger partial charge in [-0.1, -0.05) is 39.3 Å². The fraction of sp³-hybridized carbons (Fsp3) is 0.625. The number of nitrogen functional groups attached to an aromatic ring is 1. The summed E-state index contributed by atoms with van der Waals surface area (Å²) in [5.74, 6) is 1.27. The monoisotopic (exact) mass is 311 g/mol. The van der Waals surface area contributed by atoms with Crippen molar-refractivity contribution in [1.29, 1.82) is 0 Å². The van der Waals surface area contributed by atoms with Crippen molar-refractivity contribution in [2.45, 2.75) is 40.5 Å². The normalized spacial score (nSPS) is 11.2. The summed E-state index contributed by atoms with van der Waals surface area (Å²) in [7, 11) is 0. The summed E-state index contributed by atoms with van der Waals surface area (Å²) >= 11 is 6.10. The molecule has 118 valence electrons. The van der Waals surface area contributed by atoms with Gasteiger partial charge in [0.1, 0.15) is 11.5 Å².